The van der Waals surface area contributed by atoms with E-state index in [9.17, 15) is 26.4 Å². The summed E-state index contributed by atoms with van der Waals surface area (Å²) in [4.78, 5) is 13.8. The highest BCUT2D eigenvalue weighted by molar-refractivity contribution is 7.92. The molecule has 1 saturated heterocycles. The molecule has 1 aromatic heterocycles. The molecular formula is C16H15F3N2O4S. The second kappa shape index (κ2) is 6.42. The van der Waals surface area contributed by atoms with Crippen molar-refractivity contribution >= 4 is 15.7 Å². The number of amides is 1. The molecule has 1 amide bonds. The lowest BCUT2D eigenvalue weighted by Crippen LogP contribution is -2.48. The number of carbonyl (C=O) groups is 1. The molecule has 26 heavy (non-hydrogen) atoms. The molecule has 1 aliphatic heterocycles. The van der Waals surface area contributed by atoms with E-state index >= 15 is 0 Å². The predicted molar refractivity (Wildman–Crippen MR) is 86.1 cm³/mol. The molecule has 1 aliphatic rings. The van der Waals surface area contributed by atoms with E-state index in [1.807, 2.05) is 0 Å². The lowest BCUT2D eigenvalue weighted by molar-refractivity contribution is -0.137. The van der Waals surface area contributed by atoms with Gasteiger partial charge in [0.2, 0.25) is 0 Å². The van der Waals surface area contributed by atoms with Gasteiger partial charge in [0.15, 0.2) is 21.3 Å². The fourth-order valence-corrected chi connectivity index (χ4v) is 4.03. The van der Waals surface area contributed by atoms with Gasteiger partial charge in [-0.05, 0) is 13.0 Å². The first-order chi connectivity index (χ1) is 12.1. The lowest BCUT2D eigenvalue weighted by atomic mass is 10.0. The minimum absolute atomic E-state index is 0.00248. The van der Waals surface area contributed by atoms with Gasteiger partial charge >= 0.3 is 6.18 Å². The van der Waals surface area contributed by atoms with Gasteiger partial charge in [0, 0.05) is 24.7 Å². The third-order valence-corrected chi connectivity index (χ3v) is 6.38. The monoisotopic (exact) mass is 388 g/mol. The van der Waals surface area contributed by atoms with Crippen LogP contribution in [0.1, 0.15) is 23.0 Å². The van der Waals surface area contributed by atoms with Crippen molar-refractivity contribution in [2.75, 3.05) is 18.8 Å². The molecule has 3 rings (SSSR count). The molecule has 2 aromatic rings. The topological polar surface area (TPSA) is 80.5 Å². The Balaban J connectivity index is 1.87. The van der Waals surface area contributed by atoms with E-state index in [-0.39, 0.29) is 35.9 Å². The van der Waals surface area contributed by atoms with Crippen molar-refractivity contribution in [2.24, 2.45) is 0 Å². The van der Waals surface area contributed by atoms with Crippen molar-refractivity contribution in [1.82, 2.24) is 10.1 Å². The van der Waals surface area contributed by atoms with Crippen LogP contribution in [-0.4, -0.2) is 48.5 Å². The summed E-state index contributed by atoms with van der Waals surface area (Å²) in [7, 11) is -3.23. The molecule has 0 bridgehead atoms. The van der Waals surface area contributed by atoms with Gasteiger partial charge in [-0.15, -0.1) is 0 Å². The number of benzene rings is 1. The Bertz CT molecular complexity index is 937. The quantitative estimate of drug-likeness (QED) is 0.790. The van der Waals surface area contributed by atoms with Gasteiger partial charge in [-0.25, -0.2) is 8.42 Å². The third-order valence-electron chi connectivity index (χ3n) is 4.25. The van der Waals surface area contributed by atoms with Crippen LogP contribution in [-0.2, 0) is 16.0 Å². The van der Waals surface area contributed by atoms with E-state index in [0.717, 1.165) is 12.1 Å². The minimum Gasteiger partial charge on any atom is -0.355 e. The maximum atomic E-state index is 13.1. The average Bonchev–Trinajstić information content (AvgIpc) is 3.06. The SMILES string of the molecule is CC1CN(C(=O)c2cc(-c3ccccc3C(F)(F)F)on2)CCS1(=O)=O. The molecule has 0 saturated carbocycles. The van der Waals surface area contributed by atoms with Gasteiger partial charge < -0.3 is 9.42 Å². The van der Waals surface area contributed by atoms with Crippen LogP contribution < -0.4 is 0 Å². The third kappa shape index (κ3) is 3.46. The van der Waals surface area contributed by atoms with E-state index in [1.54, 1.807) is 0 Å². The Labute approximate surface area is 147 Å². The van der Waals surface area contributed by atoms with Crippen molar-refractivity contribution in [1.29, 1.82) is 0 Å². The van der Waals surface area contributed by atoms with Crippen LogP contribution in [0.3, 0.4) is 0 Å². The van der Waals surface area contributed by atoms with Gasteiger partial charge in [-0.2, -0.15) is 13.2 Å². The summed E-state index contributed by atoms with van der Waals surface area (Å²) in [5.41, 5.74) is -1.28. The first kappa shape index (κ1) is 18.4. The summed E-state index contributed by atoms with van der Waals surface area (Å²) in [5, 5.41) is 2.86. The van der Waals surface area contributed by atoms with Crippen molar-refractivity contribution < 1.29 is 30.9 Å². The largest absolute Gasteiger partial charge is 0.417 e. The zero-order valence-electron chi connectivity index (χ0n) is 13.7. The summed E-state index contributed by atoms with van der Waals surface area (Å²) in [5.74, 6) is -0.924. The van der Waals surface area contributed by atoms with Crippen LogP contribution in [0.4, 0.5) is 13.2 Å². The van der Waals surface area contributed by atoms with Crippen molar-refractivity contribution in [2.45, 2.75) is 18.3 Å². The van der Waals surface area contributed by atoms with E-state index in [2.05, 4.69) is 5.16 Å². The molecule has 1 unspecified atom stereocenters. The number of rotatable bonds is 2. The highest BCUT2D eigenvalue weighted by Gasteiger charge is 2.36. The number of hydrogen-bond acceptors (Lipinski definition) is 5. The first-order valence-electron chi connectivity index (χ1n) is 7.74. The molecule has 2 heterocycles. The highest BCUT2D eigenvalue weighted by atomic mass is 32.2. The summed E-state index contributed by atoms with van der Waals surface area (Å²) < 4.78 is 67.7. The number of carbonyl (C=O) groups excluding carboxylic acids is 1. The van der Waals surface area contributed by atoms with E-state index < -0.39 is 32.7 Å². The first-order valence-corrected chi connectivity index (χ1v) is 9.45. The smallest absolute Gasteiger partial charge is 0.355 e. The Kier molecular flexibility index (Phi) is 4.55. The molecule has 0 spiro atoms. The molecule has 1 atom stereocenters. The normalized spacial score (nSPS) is 20.2. The fraction of sp³-hybridized carbons (Fsp3) is 0.375. The summed E-state index contributed by atoms with van der Waals surface area (Å²) in [6, 6.07) is 5.96. The lowest BCUT2D eigenvalue weighted by Gasteiger charge is -2.30. The van der Waals surface area contributed by atoms with Crippen LogP contribution in [0, 0.1) is 0 Å². The standard InChI is InChI=1S/C16H15F3N2O4S/c1-10-9-21(6-7-26(10,23)24)15(22)13-8-14(25-20-13)11-4-2-3-5-12(11)16(17,18)19/h2-5,8,10H,6-7,9H2,1H3. The van der Waals surface area contributed by atoms with Crippen LogP contribution in [0.2, 0.25) is 0 Å². The molecule has 0 N–H and O–H groups in total. The molecule has 10 heteroatoms. The maximum absolute atomic E-state index is 13.1. The number of nitrogens with zero attached hydrogens (tertiary/aromatic N) is 2. The van der Waals surface area contributed by atoms with Crippen LogP contribution in [0.15, 0.2) is 34.9 Å². The average molecular weight is 388 g/mol. The van der Waals surface area contributed by atoms with Crippen molar-refractivity contribution in [3.05, 3.63) is 41.6 Å². The second-order valence-electron chi connectivity index (χ2n) is 6.05. The van der Waals surface area contributed by atoms with E-state index in [0.29, 0.717) is 0 Å². The Morgan fingerprint density at radius 1 is 1.31 bits per heavy atom. The van der Waals surface area contributed by atoms with E-state index in [4.69, 9.17) is 4.52 Å². The summed E-state index contributed by atoms with van der Waals surface area (Å²) in [6.45, 7) is 1.51. The number of aromatic nitrogens is 1. The van der Waals surface area contributed by atoms with Crippen molar-refractivity contribution in [3.63, 3.8) is 0 Å². The van der Waals surface area contributed by atoms with Gasteiger partial charge in [0.1, 0.15) is 0 Å². The minimum atomic E-state index is -4.58. The molecule has 6 nitrogen and oxygen atoms in total. The zero-order valence-corrected chi connectivity index (χ0v) is 14.5. The number of hydrogen-bond donors (Lipinski definition) is 0. The van der Waals surface area contributed by atoms with Crippen LogP contribution in [0.5, 0.6) is 0 Å². The second-order valence-corrected chi connectivity index (χ2v) is 8.59. The molecule has 1 aromatic carbocycles. The molecule has 1 fully saturated rings. The number of alkyl halides is 3. The van der Waals surface area contributed by atoms with Crippen LogP contribution >= 0.6 is 0 Å². The number of halogens is 3. The predicted octanol–water partition coefficient (Wildman–Crippen LogP) is 2.62. The fourth-order valence-electron chi connectivity index (χ4n) is 2.75. The van der Waals surface area contributed by atoms with E-state index in [1.165, 1.54) is 30.0 Å². The molecule has 140 valence electrons. The zero-order chi connectivity index (χ0) is 19.1. The molecular weight excluding hydrogens is 373 g/mol. The molecule has 0 radical (unpaired) electrons. The molecule has 0 aliphatic carbocycles. The summed E-state index contributed by atoms with van der Waals surface area (Å²) in [6.07, 6.45) is -4.58. The van der Waals surface area contributed by atoms with Gasteiger partial charge in [-0.3, -0.25) is 4.79 Å². The Morgan fingerprint density at radius 2 is 2.00 bits per heavy atom. The van der Waals surface area contributed by atoms with Crippen molar-refractivity contribution in [3.8, 4) is 11.3 Å². The summed E-state index contributed by atoms with van der Waals surface area (Å²) >= 11 is 0. The Hall–Kier alpha value is -2.36. The highest BCUT2D eigenvalue weighted by Crippen LogP contribution is 2.37. The van der Waals surface area contributed by atoms with Gasteiger partial charge in [-0.1, -0.05) is 23.4 Å². The van der Waals surface area contributed by atoms with Gasteiger partial charge in [0.25, 0.3) is 5.91 Å². The maximum Gasteiger partial charge on any atom is 0.417 e. The number of sulfone groups is 1. The Morgan fingerprint density at radius 3 is 2.65 bits per heavy atom. The van der Waals surface area contributed by atoms with Gasteiger partial charge in [0.05, 0.1) is 16.6 Å². The van der Waals surface area contributed by atoms with Crippen LogP contribution in [0.25, 0.3) is 11.3 Å².